The Hall–Kier alpha value is -7.80. The van der Waals surface area contributed by atoms with E-state index in [-0.39, 0.29) is 58.5 Å². The van der Waals surface area contributed by atoms with E-state index in [0.29, 0.717) is 18.1 Å². The van der Waals surface area contributed by atoms with Gasteiger partial charge in [0.1, 0.15) is 48.3 Å². The van der Waals surface area contributed by atoms with Crippen molar-refractivity contribution in [1.82, 2.24) is 5.32 Å². The molecule has 57 heavy (non-hydrogen) atoms. The number of carbonyl (C=O) groups is 8. The second-order valence-corrected chi connectivity index (χ2v) is 11.4. The van der Waals surface area contributed by atoms with Crippen LogP contribution >= 0.6 is 0 Å². The molecule has 4 aromatic rings. The van der Waals surface area contributed by atoms with Gasteiger partial charge in [0.25, 0.3) is 5.91 Å². The molecular formula is C38H36N2O17. The Morgan fingerprint density at radius 3 is 1.35 bits per heavy atom. The standard InChI is InChI=1S/C19H17NO8.C15H12O5.C4H7NO4/c21-9-13-15(22)2-1-3-16(13)28-10-11-4-6-12(7-5-11)18(25)20-14(19(26)27)8-17(23)24;16-8-12-13(17)2-1-3-14(12)20-9-10-4-6-11(7-5-10)15(18)19;5-2(4(8)9)1-3(6)7/h1-7,9,14,22H,8,10H2,(H,20,25)(H,23,24)(H,26,27);1-8,17H,9H2,(H,18,19);2H,1,5H2,(H,6,7)(H,8,9)/t14-;;2-/m0.0/s1. The van der Waals surface area contributed by atoms with Crippen molar-refractivity contribution in [3.8, 4) is 23.0 Å². The van der Waals surface area contributed by atoms with Crippen molar-refractivity contribution in [1.29, 1.82) is 0 Å². The van der Waals surface area contributed by atoms with Crippen LogP contribution in [-0.2, 0) is 32.4 Å². The maximum atomic E-state index is 12.1. The summed E-state index contributed by atoms with van der Waals surface area (Å²) < 4.78 is 11.0. The topological polar surface area (TPSA) is 335 Å². The number of carboxylic acid groups (broad SMARTS) is 5. The van der Waals surface area contributed by atoms with Gasteiger partial charge in [0.15, 0.2) is 12.6 Å². The number of aromatic carboxylic acids is 1. The van der Waals surface area contributed by atoms with Gasteiger partial charge in [0.05, 0.1) is 29.5 Å². The molecule has 10 N–H and O–H groups in total. The van der Waals surface area contributed by atoms with Gasteiger partial charge in [-0.2, -0.15) is 0 Å². The molecule has 300 valence electrons. The van der Waals surface area contributed by atoms with E-state index in [2.05, 4.69) is 5.32 Å². The number of phenols is 2. The molecule has 19 nitrogen and oxygen atoms in total. The van der Waals surface area contributed by atoms with E-state index in [4.69, 9.17) is 40.7 Å². The Kier molecular flexibility index (Phi) is 17.8. The van der Waals surface area contributed by atoms with Gasteiger partial charge in [-0.3, -0.25) is 28.8 Å². The number of nitrogens with one attached hydrogen (secondary N) is 1. The summed E-state index contributed by atoms with van der Waals surface area (Å²) in [5.41, 5.74) is 6.70. The van der Waals surface area contributed by atoms with Crippen LogP contribution in [0, 0.1) is 0 Å². The molecule has 19 heteroatoms. The highest BCUT2D eigenvalue weighted by molar-refractivity contribution is 5.97. The summed E-state index contributed by atoms with van der Waals surface area (Å²) in [6, 6.07) is 18.3. The number of aromatic hydroxyl groups is 2. The van der Waals surface area contributed by atoms with Gasteiger partial charge in [-0.25, -0.2) is 9.59 Å². The largest absolute Gasteiger partial charge is 0.507 e. The molecular weight excluding hydrogens is 756 g/mol. The highest BCUT2D eigenvalue weighted by Crippen LogP contribution is 2.27. The normalized spacial score (nSPS) is 11.0. The zero-order valence-corrected chi connectivity index (χ0v) is 29.5. The summed E-state index contributed by atoms with van der Waals surface area (Å²) >= 11 is 0. The number of phenolic OH excluding ortho intramolecular Hbond substituents is 2. The number of carbonyl (C=O) groups excluding carboxylic acids is 3. The quantitative estimate of drug-likeness (QED) is 0.0694. The lowest BCUT2D eigenvalue weighted by molar-refractivity contribution is -0.145. The maximum absolute atomic E-state index is 12.1. The van der Waals surface area contributed by atoms with Crippen LogP contribution in [0.4, 0.5) is 0 Å². The zero-order chi connectivity index (χ0) is 42.7. The van der Waals surface area contributed by atoms with Gasteiger partial charge in [-0.05, 0) is 59.7 Å². The first kappa shape index (κ1) is 45.4. The van der Waals surface area contributed by atoms with Crippen LogP contribution in [0.5, 0.6) is 23.0 Å². The van der Waals surface area contributed by atoms with Crippen molar-refractivity contribution in [3.05, 3.63) is 118 Å². The number of hydrogen-bond acceptors (Lipinski definition) is 13. The Labute approximate surface area is 322 Å². The Morgan fingerprint density at radius 2 is 1.02 bits per heavy atom. The van der Waals surface area contributed by atoms with Crippen molar-refractivity contribution < 1.29 is 83.6 Å². The Bertz CT molecular complexity index is 2070. The minimum atomic E-state index is -1.54. The van der Waals surface area contributed by atoms with Crippen molar-refractivity contribution in [2.75, 3.05) is 0 Å². The molecule has 0 aliphatic rings. The second kappa shape index (κ2) is 22.4. The number of ether oxygens (including phenoxy) is 2. The summed E-state index contributed by atoms with van der Waals surface area (Å²) in [5, 5.41) is 63.7. The van der Waals surface area contributed by atoms with Gasteiger partial charge in [-0.15, -0.1) is 0 Å². The number of hydrogen-bond donors (Lipinski definition) is 9. The Morgan fingerprint density at radius 1 is 0.596 bits per heavy atom. The third-order valence-corrected chi connectivity index (χ3v) is 7.22. The smallest absolute Gasteiger partial charge is 0.335 e. The van der Waals surface area contributed by atoms with Crippen molar-refractivity contribution in [2.24, 2.45) is 5.73 Å². The zero-order valence-electron chi connectivity index (χ0n) is 29.5. The number of nitrogens with two attached hydrogens (primary N) is 1. The van der Waals surface area contributed by atoms with Crippen LogP contribution in [0.2, 0.25) is 0 Å². The highest BCUT2D eigenvalue weighted by atomic mass is 16.5. The lowest BCUT2D eigenvalue weighted by Crippen LogP contribution is -2.42. The summed E-state index contributed by atoms with van der Waals surface area (Å²) in [4.78, 5) is 86.0. The average molecular weight is 793 g/mol. The summed E-state index contributed by atoms with van der Waals surface area (Å²) in [6.45, 7) is 0.229. The fourth-order valence-corrected chi connectivity index (χ4v) is 4.26. The lowest BCUT2D eigenvalue weighted by Gasteiger charge is -2.13. The molecule has 0 heterocycles. The van der Waals surface area contributed by atoms with Gasteiger partial charge in [-0.1, -0.05) is 36.4 Å². The van der Waals surface area contributed by atoms with E-state index in [1.54, 1.807) is 36.4 Å². The molecule has 4 rings (SSSR count). The molecule has 1 amide bonds. The molecule has 0 saturated carbocycles. The molecule has 0 bridgehead atoms. The van der Waals surface area contributed by atoms with Crippen LogP contribution in [0.15, 0.2) is 84.9 Å². The first-order valence-corrected chi connectivity index (χ1v) is 16.1. The molecule has 0 aromatic heterocycles. The number of aldehydes is 2. The lowest BCUT2D eigenvalue weighted by atomic mass is 10.1. The van der Waals surface area contributed by atoms with E-state index in [9.17, 15) is 48.6 Å². The number of rotatable bonds is 17. The molecule has 0 unspecified atom stereocenters. The second-order valence-electron chi connectivity index (χ2n) is 11.4. The van der Waals surface area contributed by atoms with Crippen molar-refractivity contribution >= 4 is 48.3 Å². The molecule has 0 radical (unpaired) electrons. The van der Waals surface area contributed by atoms with Crippen LogP contribution in [-0.4, -0.2) is 96.2 Å². The number of benzene rings is 4. The van der Waals surface area contributed by atoms with Crippen LogP contribution in [0.25, 0.3) is 0 Å². The monoisotopic (exact) mass is 792 g/mol. The maximum Gasteiger partial charge on any atom is 0.335 e. The van der Waals surface area contributed by atoms with Crippen molar-refractivity contribution in [3.63, 3.8) is 0 Å². The third-order valence-electron chi connectivity index (χ3n) is 7.22. The molecule has 4 aromatic carbocycles. The minimum Gasteiger partial charge on any atom is -0.507 e. The van der Waals surface area contributed by atoms with E-state index < -0.39 is 60.7 Å². The van der Waals surface area contributed by atoms with E-state index >= 15 is 0 Å². The molecule has 0 saturated heterocycles. The predicted molar refractivity (Wildman–Crippen MR) is 195 cm³/mol. The SMILES string of the molecule is N[C@@H](CC(=O)O)C(=O)O.O=Cc1c(O)cccc1OCc1ccc(C(=O)N[C@@H](CC(=O)O)C(=O)O)cc1.O=Cc1c(O)cccc1OCc1ccc(C(=O)O)cc1. The van der Waals surface area contributed by atoms with Crippen LogP contribution < -0.4 is 20.5 Å². The summed E-state index contributed by atoms with van der Waals surface area (Å²) in [7, 11) is 0. The van der Waals surface area contributed by atoms with E-state index in [1.807, 2.05) is 0 Å². The van der Waals surface area contributed by atoms with Gasteiger partial charge < -0.3 is 56.3 Å². The van der Waals surface area contributed by atoms with Gasteiger partial charge >= 0.3 is 29.8 Å². The minimum absolute atomic E-state index is 0.0247. The molecule has 2 atom stereocenters. The van der Waals surface area contributed by atoms with Gasteiger partial charge in [0.2, 0.25) is 0 Å². The number of carboxylic acids is 5. The number of amides is 1. The molecule has 0 aliphatic carbocycles. The Balaban J connectivity index is 0.000000335. The number of aliphatic carboxylic acids is 4. The molecule has 0 aliphatic heterocycles. The third kappa shape index (κ3) is 15.2. The van der Waals surface area contributed by atoms with Gasteiger partial charge in [0, 0.05) is 5.56 Å². The summed E-state index contributed by atoms with van der Waals surface area (Å²) in [6.07, 6.45) is -0.266. The van der Waals surface area contributed by atoms with Crippen LogP contribution in [0.1, 0.15) is 65.4 Å². The first-order valence-electron chi connectivity index (χ1n) is 16.1. The van der Waals surface area contributed by atoms with Crippen LogP contribution in [0.3, 0.4) is 0 Å². The van der Waals surface area contributed by atoms with Crippen molar-refractivity contribution in [2.45, 2.75) is 38.1 Å². The molecule has 0 spiro atoms. The van der Waals surface area contributed by atoms with E-state index in [1.165, 1.54) is 48.5 Å². The fourth-order valence-electron chi connectivity index (χ4n) is 4.26. The first-order chi connectivity index (χ1) is 27.0. The highest BCUT2D eigenvalue weighted by Gasteiger charge is 2.23. The fraction of sp³-hybridized carbons (Fsp3) is 0.158. The molecule has 0 fully saturated rings. The summed E-state index contributed by atoms with van der Waals surface area (Å²) in [5.74, 6) is -6.86. The average Bonchev–Trinajstić information content (AvgIpc) is 3.16. The van der Waals surface area contributed by atoms with E-state index in [0.717, 1.165) is 5.56 Å². The predicted octanol–water partition coefficient (Wildman–Crippen LogP) is 2.80.